The molecule has 5 aromatic rings. The van der Waals surface area contributed by atoms with Gasteiger partial charge in [0, 0.05) is 16.2 Å². The molecule has 2 heteroatoms. The molecule has 0 bridgehead atoms. The second-order valence-corrected chi connectivity index (χ2v) is 6.33. The van der Waals surface area contributed by atoms with Crippen LogP contribution in [-0.2, 0) is 0 Å². The summed E-state index contributed by atoms with van der Waals surface area (Å²) in [5.41, 5.74) is 4.14. The van der Waals surface area contributed by atoms with Crippen molar-refractivity contribution in [3.8, 4) is 11.1 Å². The van der Waals surface area contributed by atoms with Gasteiger partial charge in [-0.3, -0.25) is 0 Å². The van der Waals surface area contributed by atoms with Gasteiger partial charge in [0.15, 0.2) is 0 Å². The smallest absolute Gasteiger partial charge is 0.143 e. The van der Waals surface area contributed by atoms with E-state index in [0.717, 1.165) is 32.3 Å². The van der Waals surface area contributed by atoms with Crippen molar-refractivity contribution in [1.29, 1.82) is 0 Å². The summed E-state index contributed by atoms with van der Waals surface area (Å²) in [6.07, 6.45) is 0. The van der Waals surface area contributed by atoms with Gasteiger partial charge in [0.05, 0.1) is 5.02 Å². The molecule has 1 aromatic heterocycles. The van der Waals surface area contributed by atoms with Gasteiger partial charge in [-0.05, 0) is 34.7 Å². The lowest BCUT2D eigenvalue weighted by atomic mass is 9.97. The molecule has 1 nitrogen and oxygen atoms in total. The number of hydrogen-bond donors (Lipinski definition) is 0. The largest absolute Gasteiger partial charge is 0.455 e. The van der Waals surface area contributed by atoms with Gasteiger partial charge in [-0.25, -0.2) is 0 Å². The van der Waals surface area contributed by atoms with Crippen LogP contribution in [-0.4, -0.2) is 0 Å². The van der Waals surface area contributed by atoms with Gasteiger partial charge >= 0.3 is 0 Å². The third kappa shape index (κ3) is 1.88. The average molecular weight is 329 g/mol. The second-order valence-electron chi connectivity index (χ2n) is 5.92. The van der Waals surface area contributed by atoms with Gasteiger partial charge in [0.1, 0.15) is 11.2 Å². The molecule has 0 N–H and O–H groups in total. The maximum Gasteiger partial charge on any atom is 0.143 e. The van der Waals surface area contributed by atoms with Crippen molar-refractivity contribution in [3.63, 3.8) is 0 Å². The van der Waals surface area contributed by atoms with Gasteiger partial charge in [0.2, 0.25) is 0 Å². The average Bonchev–Trinajstić information content (AvgIpc) is 3.02. The molecule has 0 saturated carbocycles. The quantitative estimate of drug-likeness (QED) is 0.321. The summed E-state index contributed by atoms with van der Waals surface area (Å²) in [5.74, 6) is 0. The second kappa shape index (κ2) is 5.12. The lowest BCUT2D eigenvalue weighted by Crippen LogP contribution is -1.81. The predicted octanol–water partition coefficient (Wildman–Crippen LogP) is 7.06. The van der Waals surface area contributed by atoms with Crippen molar-refractivity contribution < 1.29 is 4.42 Å². The summed E-state index contributed by atoms with van der Waals surface area (Å²) < 4.78 is 6.15. The first kappa shape index (κ1) is 13.6. The van der Waals surface area contributed by atoms with E-state index >= 15 is 0 Å². The van der Waals surface area contributed by atoms with Crippen LogP contribution < -0.4 is 0 Å². The molecule has 0 aliphatic rings. The lowest BCUT2D eigenvalue weighted by molar-refractivity contribution is 0.672. The van der Waals surface area contributed by atoms with E-state index < -0.39 is 0 Å². The first-order valence-corrected chi connectivity index (χ1v) is 8.28. The van der Waals surface area contributed by atoms with E-state index in [9.17, 15) is 0 Å². The summed E-state index contributed by atoms with van der Waals surface area (Å²) in [6, 6.07) is 26.8. The zero-order valence-corrected chi connectivity index (χ0v) is 13.5. The molecule has 1 heterocycles. The highest BCUT2D eigenvalue weighted by Crippen LogP contribution is 2.39. The van der Waals surface area contributed by atoms with E-state index in [1.165, 1.54) is 16.5 Å². The Kier molecular flexibility index (Phi) is 2.91. The number of halogens is 1. The van der Waals surface area contributed by atoms with E-state index in [1.807, 2.05) is 24.3 Å². The molecule has 5 rings (SSSR count). The Morgan fingerprint density at radius 3 is 2.29 bits per heavy atom. The third-order valence-corrected chi connectivity index (χ3v) is 4.87. The molecule has 0 saturated heterocycles. The number of fused-ring (bicyclic) bond motifs is 5. The molecule has 0 unspecified atom stereocenters. The van der Waals surface area contributed by atoms with E-state index in [0.29, 0.717) is 0 Å². The molecule has 0 radical (unpaired) electrons. The Morgan fingerprint density at radius 1 is 0.625 bits per heavy atom. The van der Waals surface area contributed by atoms with Crippen LogP contribution in [0.15, 0.2) is 83.3 Å². The van der Waals surface area contributed by atoms with Crippen molar-refractivity contribution in [3.05, 3.63) is 83.9 Å². The van der Waals surface area contributed by atoms with Crippen LogP contribution >= 0.6 is 11.6 Å². The van der Waals surface area contributed by atoms with E-state index in [4.69, 9.17) is 16.0 Å². The fraction of sp³-hybridized carbons (Fsp3) is 0. The molecular weight excluding hydrogens is 316 g/mol. The number of furan rings is 1. The van der Waals surface area contributed by atoms with Crippen molar-refractivity contribution in [2.45, 2.75) is 0 Å². The zero-order chi connectivity index (χ0) is 16.1. The van der Waals surface area contributed by atoms with Crippen molar-refractivity contribution in [2.75, 3.05) is 0 Å². The van der Waals surface area contributed by atoms with Gasteiger partial charge < -0.3 is 4.42 Å². The zero-order valence-electron chi connectivity index (χ0n) is 12.8. The monoisotopic (exact) mass is 328 g/mol. The minimum Gasteiger partial charge on any atom is -0.455 e. The number of rotatable bonds is 1. The molecule has 0 aliphatic carbocycles. The molecule has 114 valence electrons. The van der Waals surface area contributed by atoms with Crippen LogP contribution in [0.4, 0.5) is 0 Å². The van der Waals surface area contributed by atoms with Crippen LogP contribution in [0.5, 0.6) is 0 Å². The highest BCUT2D eigenvalue weighted by Gasteiger charge is 2.14. The van der Waals surface area contributed by atoms with Gasteiger partial charge in [0.25, 0.3) is 0 Å². The highest BCUT2D eigenvalue weighted by molar-refractivity contribution is 6.38. The molecule has 4 aromatic carbocycles. The Balaban J connectivity index is 1.93. The Bertz CT molecular complexity index is 1200. The summed E-state index contributed by atoms with van der Waals surface area (Å²) >= 11 is 6.40. The molecule has 24 heavy (non-hydrogen) atoms. The normalized spacial score (nSPS) is 11.5. The Hall–Kier alpha value is -2.77. The number of hydrogen-bond acceptors (Lipinski definition) is 1. The SMILES string of the molecule is Clc1cccc2oc3c4cccc(-c5ccccc5)c4ccc3c12. The van der Waals surface area contributed by atoms with Crippen LogP contribution in [0.2, 0.25) is 5.02 Å². The fourth-order valence-electron chi connectivity index (χ4n) is 3.47. The summed E-state index contributed by atoms with van der Waals surface area (Å²) in [4.78, 5) is 0. The first-order chi connectivity index (χ1) is 11.8. The fourth-order valence-corrected chi connectivity index (χ4v) is 3.73. The third-order valence-electron chi connectivity index (χ3n) is 4.55. The standard InChI is InChI=1S/C22H13ClO/c23-19-10-5-11-20-21(19)18-13-12-16-15(14-6-2-1-3-7-14)8-4-9-17(16)22(18)24-20/h1-13H. The topological polar surface area (TPSA) is 13.1 Å². The maximum absolute atomic E-state index is 6.40. The lowest BCUT2D eigenvalue weighted by Gasteiger charge is -2.07. The minimum atomic E-state index is 0.727. The number of benzene rings is 4. The van der Waals surface area contributed by atoms with Crippen molar-refractivity contribution in [1.82, 2.24) is 0 Å². The van der Waals surface area contributed by atoms with Crippen molar-refractivity contribution in [2.24, 2.45) is 0 Å². The molecule has 0 aliphatic heterocycles. The van der Waals surface area contributed by atoms with Crippen LogP contribution in [0.25, 0.3) is 43.8 Å². The molecule has 0 fully saturated rings. The van der Waals surface area contributed by atoms with Crippen LogP contribution in [0, 0.1) is 0 Å². The van der Waals surface area contributed by atoms with E-state index in [2.05, 4.69) is 54.6 Å². The summed E-state index contributed by atoms with van der Waals surface area (Å²) in [6.45, 7) is 0. The van der Waals surface area contributed by atoms with Crippen LogP contribution in [0.1, 0.15) is 0 Å². The minimum absolute atomic E-state index is 0.727. The van der Waals surface area contributed by atoms with Crippen molar-refractivity contribution >= 4 is 44.3 Å². The van der Waals surface area contributed by atoms with E-state index in [-0.39, 0.29) is 0 Å². The predicted molar refractivity (Wildman–Crippen MR) is 102 cm³/mol. The molecule has 0 spiro atoms. The van der Waals surface area contributed by atoms with Crippen LogP contribution in [0.3, 0.4) is 0 Å². The first-order valence-electron chi connectivity index (χ1n) is 7.91. The summed E-state index contributed by atoms with van der Waals surface area (Å²) in [5, 5.41) is 5.08. The Morgan fingerprint density at radius 2 is 1.42 bits per heavy atom. The van der Waals surface area contributed by atoms with Gasteiger partial charge in [-0.15, -0.1) is 0 Å². The highest BCUT2D eigenvalue weighted by atomic mass is 35.5. The van der Waals surface area contributed by atoms with Gasteiger partial charge in [-0.1, -0.05) is 72.3 Å². The maximum atomic E-state index is 6.40. The molecule has 0 atom stereocenters. The van der Waals surface area contributed by atoms with E-state index in [1.54, 1.807) is 0 Å². The molecular formula is C22H13ClO. The molecule has 0 amide bonds. The summed E-state index contributed by atoms with van der Waals surface area (Å²) in [7, 11) is 0. The Labute approximate surface area is 144 Å². The van der Waals surface area contributed by atoms with Gasteiger partial charge in [-0.2, -0.15) is 0 Å².